The van der Waals surface area contributed by atoms with Crippen molar-refractivity contribution in [3.63, 3.8) is 0 Å². The molecule has 2 heterocycles. The van der Waals surface area contributed by atoms with E-state index in [2.05, 4.69) is 32.4 Å². The highest BCUT2D eigenvalue weighted by Gasteiger charge is 2.13. The Bertz CT molecular complexity index is 412. The van der Waals surface area contributed by atoms with Crippen LogP contribution in [0.3, 0.4) is 0 Å². The van der Waals surface area contributed by atoms with E-state index < -0.39 is 0 Å². The van der Waals surface area contributed by atoms with Crippen molar-refractivity contribution in [2.45, 2.75) is 25.8 Å². The van der Waals surface area contributed by atoms with E-state index in [4.69, 9.17) is 0 Å². The van der Waals surface area contributed by atoms with Crippen LogP contribution in [-0.2, 0) is 6.42 Å². The molecule has 0 bridgehead atoms. The molecule has 0 spiro atoms. The summed E-state index contributed by atoms with van der Waals surface area (Å²) < 4.78 is 0. The largest absolute Gasteiger partial charge is 0.307 e. The van der Waals surface area contributed by atoms with Gasteiger partial charge < -0.3 is 5.32 Å². The summed E-state index contributed by atoms with van der Waals surface area (Å²) in [6.45, 7) is 3.12. The molecule has 0 aliphatic heterocycles. The van der Waals surface area contributed by atoms with Crippen LogP contribution in [0.4, 0.5) is 0 Å². The van der Waals surface area contributed by atoms with Gasteiger partial charge in [0.15, 0.2) is 0 Å². The summed E-state index contributed by atoms with van der Waals surface area (Å²) in [7, 11) is 0. The zero-order valence-electron chi connectivity index (χ0n) is 9.93. The topological polar surface area (TPSA) is 66.5 Å². The number of hydrogen-bond donors (Lipinski definition) is 2. The van der Waals surface area contributed by atoms with Crippen LogP contribution < -0.4 is 5.32 Å². The van der Waals surface area contributed by atoms with E-state index in [1.807, 2.05) is 24.5 Å². The highest BCUT2D eigenvalue weighted by atomic mass is 15.2. The highest BCUT2D eigenvalue weighted by molar-refractivity contribution is 5.13. The maximum absolute atomic E-state index is 4.22. The third-order valence-corrected chi connectivity index (χ3v) is 2.59. The standard InChI is InChI=1S/C12H17N5/c1-2-5-14-11(12-15-9-16-17-12)8-10-3-6-13-7-4-10/h3-4,6-7,9,11,14H,2,5,8H2,1H3,(H,15,16,17). The average molecular weight is 231 g/mol. The van der Waals surface area contributed by atoms with Crippen LogP contribution >= 0.6 is 0 Å². The Morgan fingerprint density at radius 3 is 2.82 bits per heavy atom. The molecule has 2 rings (SSSR count). The van der Waals surface area contributed by atoms with E-state index in [-0.39, 0.29) is 6.04 Å². The van der Waals surface area contributed by atoms with E-state index in [1.165, 1.54) is 5.56 Å². The molecule has 2 N–H and O–H groups in total. The zero-order chi connectivity index (χ0) is 11.9. The van der Waals surface area contributed by atoms with Gasteiger partial charge in [0, 0.05) is 12.4 Å². The number of aromatic amines is 1. The van der Waals surface area contributed by atoms with Crippen LogP contribution in [0.2, 0.25) is 0 Å². The third-order valence-electron chi connectivity index (χ3n) is 2.59. The SMILES string of the molecule is CCCNC(Cc1ccncc1)c1ncn[nH]1. The van der Waals surface area contributed by atoms with Crippen molar-refractivity contribution in [1.82, 2.24) is 25.5 Å². The van der Waals surface area contributed by atoms with E-state index in [0.717, 1.165) is 25.2 Å². The smallest absolute Gasteiger partial charge is 0.141 e. The summed E-state index contributed by atoms with van der Waals surface area (Å²) in [5.74, 6) is 0.885. The Morgan fingerprint density at radius 1 is 1.35 bits per heavy atom. The normalized spacial score (nSPS) is 12.5. The van der Waals surface area contributed by atoms with Gasteiger partial charge >= 0.3 is 0 Å². The van der Waals surface area contributed by atoms with Crippen LogP contribution in [0.5, 0.6) is 0 Å². The monoisotopic (exact) mass is 231 g/mol. The Hall–Kier alpha value is -1.75. The summed E-state index contributed by atoms with van der Waals surface area (Å²) in [5, 5.41) is 10.3. The molecule has 0 aliphatic carbocycles. The Morgan fingerprint density at radius 2 is 2.18 bits per heavy atom. The van der Waals surface area contributed by atoms with Gasteiger partial charge in [-0.2, -0.15) is 5.10 Å². The van der Waals surface area contributed by atoms with E-state index in [9.17, 15) is 0 Å². The molecule has 5 nitrogen and oxygen atoms in total. The maximum Gasteiger partial charge on any atom is 0.141 e. The molecule has 0 aliphatic rings. The fraction of sp³-hybridized carbons (Fsp3) is 0.417. The minimum absolute atomic E-state index is 0.180. The molecule has 5 heteroatoms. The Balaban J connectivity index is 2.06. The lowest BCUT2D eigenvalue weighted by atomic mass is 10.1. The van der Waals surface area contributed by atoms with Crippen molar-refractivity contribution in [3.8, 4) is 0 Å². The predicted octanol–water partition coefficient (Wildman–Crippen LogP) is 1.48. The number of nitrogens with one attached hydrogen (secondary N) is 2. The summed E-state index contributed by atoms with van der Waals surface area (Å²) in [6.07, 6.45) is 7.15. The molecule has 90 valence electrons. The van der Waals surface area contributed by atoms with Gasteiger partial charge in [-0.25, -0.2) is 4.98 Å². The summed E-state index contributed by atoms with van der Waals surface area (Å²) in [6, 6.07) is 4.23. The second kappa shape index (κ2) is 6.10. The molecule has 1 atom stereocenters. The lowest BCUT2D eigenvalue weighted by molar-refractivity contribution is 0.506. The molecule has 0 aromatic carbocycles. The lowest BCUT2D eigenvalue weighted by Crippen LogP contribution is -2.25. The first-order valence-corrected chi connectivity index (χ1v) is 5.87. The molecule has 2 aromatic rings. The van der Waals surface area contributed by atoms with Gasteiger partial charge in [-0.05, 0) is 37.1 Å². The molecule has 0 saturated heterocycles. The molecular weight excluding hydrogens is 214 g/mol. The molecular formula is C12H17N5. The molecule has 0 saturated carbocycles. The summed E-state index contributed by atoms with van der Waals surface area (Å²) >= 11 is 0. The second-order valence-electron chi connectivity index (χ2n) is 3.94. The van der Waals surface area contributed by atoms with Crippen molar-refractivity contribution >= 4 is 0 Å². The van der Waals surface area contributed by atoms with Crippen molar-refractivity contribution in [2.24, 2.45) is 0 Å². The molecule has 1 unspecified atom stereocenters. The molecule has 0 fully saturated rings. The average Bonchev–Trinajstić information content (AvgIpc) is 2.89. The first-order chi connectivity index (χ1) is 8.40. The number of rotatable bonds is 6. The van der Waals surface area contributed by atoms with Crippen molar-refractivity contribution in [2.75, 3.05) is 6.54 Å². The van der Waals surface area contributed by atoms with Crippen LogP contribution in [0.15, 0.2) is 30.9 Å². The number of hydrogen-bond acceptors (Lipinski definition) is 4. The van der Waals surface area contributed by atoms with Gasteiger partial charge in [-0.15, -0.1) is 0 Å². The fourth-order valence-corrected chi connectivity index (χ4v) is 1.72. The second-order valence-corrected chi connectivity index (χ2v) is 3.94. The lowest BCUT2D eigenvalue weighted by Gasteiger charge is -2.15. The molecule has 0 radical (unpaired) electrons. The minimum atomic E-state index is 0.180. The van der Waals surface area contributed by atoms with Crippen LogP contribution in [-0.4, -0.2) is 26.7 Å². The van der Waals surface area contributed by atoms with Gasteiger partial charge in [0.2, 0.25) is 0 Å². The summed E-state index contributed by atoms with van der Waals surface area (Å²) in [5.41, 5.74) is 1.24. The van der Waals surface area contributed by atoms with Crippen molar-refractivity contribution < 1.29 is 0 Å². The first-order valence-electron chi connectivity index (χ1n) is 5.87. The minimum Gasteiger partial charge on any atom is -0.307 e. The number of aromatic nitrogens is 4. The summed E-state index contributed by atoms with van der Waals surface area (Å²) in [4.78, 5) is 8.24. The van der Waals surface area contributed by atoms with Gasteiger partial charge in [0.25, 0.3) is 0 Å². The van der Waals surface area contributed by atoms with Crippen LogP contribution in [0, 0.1) is 0 Å². The van der Waals surface area contributed by atoms with Crippen LogP contribution in [0.25, 0.3) is 0 Å². The van der Waals surface area contributed by atoms with Gasteiger partial charge in [0.1, 0.15) is 12.2 Å². The zero-order valence-corrected chi connectivity index (χ0v) is 9.93. The highest BCUT2D eigenvalue weighted by Crippen LogP contribution is 2.13. The van der Waals surface area contributed by atoms with Crippen LogP contribution in [0.1, 0.15) is 30.8 Å². The maximum atomic E-state index is 4.22. The van der Waals surface area contributed by atoms with Crippen molar-refractivity contribution in [3.05, 3.63) is 42.2 Å². The van der Waals surface area contributed by atoms with E-state index in [0.29, 0.717) is 0 Å². The molecule has 0 amide bonds. The molecule has 2 aromatic heterocycles. The van der Waals surface area contributed by atoms with Gasteiger partial charge in [-0.1, -0.05) is 6.92 Å². The van der Waals surface area contributed by atoms with E-state index in [1.54, 1.807) is 6.33 Å². The number of nitrogens with zero attached hydrogens (tertiary/aromatic N) is 3. The number of H-pyrrole nitrogens is 1. The third kappa shape index (κ3) is 3.35. The number of pyridine rings is 1. The Kier molecular flexibility index (Phi) is 4.21. The molecule has 17 heavy (non-hydrogen) atoms. The van der Waals surface area contributed by atoms with Crippen molar-refractivity contribution in [1.29, 1.82) is 0 Å². The van der Waals surface area contributed by atoms with E-state index >= 15 is 0 Å². The Labute approximate surface area is 101 Å². The van der Waals surface area contributed by atoms with Gasteiger partial charge in [-0.3, -0.25) is 10.1 Å². The quantitative estimate of drug-likeness (QED) is 0.790. The first kappa shape index (κ1) is 11.7. The fourth-order valence-electron chi connectivity index (χ4n) is 1.72. The predicted molar refractivity (Wildman–Crippen MR) is 65.4 cm³/mol. The van der Waals surface area contributed by atoms with Gasteiger partial charge in [0.05, 0.1) is 6.04 Å².